The average molecular weight is 347 g/mol. The minimum Gasteiger partial charge on any atom is -0.392 e. The Labute approximate surface area is 132 Å². The number of aliphatic hydroxyl groups excluding tert-OH is 2. The predicted molar refractivity (Wildman–Crippen MR) is 77.0 cm³/mol. The van der Waals surface area contributed by atoms with Gasteiger partial charge in [0.1, 0.15) is 12.0 Å². The first-order valence-electron chi connectivity index (χ1n) is 5.81. The van der Waals surface area contributed by atoms with Crippen molar-refractivity contribution >= 4 is 35.6 Å². The molecule has 1 aromatic rings. The van der Waals surface area contributed by atoms with E-state index in [9.17, 15) is 9.50 Å². The number of halogens is 4. The number of nitrogens with zero attached hydrogens (tertiary/aromatic N) is 1. The summed E-state index contributed by atoms with van der Waals surface area (Å²) in [5, 5.41) is 19.1. The number of ether oxygens (including phenoxy) is 1. The Hall–Kier alpha value is -0.140. The van der Waals surface area contributed by atoms with Gasteiger partial charge in [-0.15, -0.1) is 12.4 Å². The highest BCUT2D eigenvalue weighted by atomic mass is 35.5. The Morgan fingerprint density at radius 1 is 1.40 bits per heavy atom. The van der Waals surface area contributed by atoms with Crippen LogP contribution in [-0.4, -0.2) is 47.7 Å². The first kappa shape index (κ1) is 17.9. The van der Waals surface area contributed by atoms with Crippen molar-refractivity contribution in [3.8, 4) is 0 Å². The lowest BCUT2D eigenvalue weighted by Gasteiger charge is -2.38. The normalized spacial score (nSPS) is 21.4. The molecule has 1 fully saturated rings. The fraction of sp³-hybridized carbons (Fsp3) is 0.500. The Morgan fingerprint density at radius 2 is 2.10 bits per heavy atom. The molecule has 2 atom stereocenters. The molecular weight excluding hydrogens is 331 g/mol. The van der Waals surface area contributed by atoms with Crippen LogP contribution in [0.2, 0.25) is 10.0 Å². The molecule has 0 aromatic heterocycles. The summed E-state index contributed by atoms with van der Waals surface area (Å²) in [5.74, 6) is -0.579. The number of hydrogen-bond acceptors (Lipinski definition) is 4. The van der Waals surface area contributed by atoms with Gasteiger partial charge >= 0.3 is 0 Å². The van der Waals surface area contributed by atoms with Crippen molar-refractivity contribution in [3.05, 3.63) is 33.6 Å². The van der Waals surface area contributed by atoms with Gasteiger partial charge in [0.25, 0.3) is 0 Å². The molecule has 1 aliphatic rings. The van der Waals surface area contributed by atoms with Crippen LogP contribution in [0.5, 0.6) is 0 Å². The molecule has 8 heteroatoms. The zero-order valence-electron chi connectivity index (χ0n) is 10.4. The molecule has 20 heavy (non-hydrogen) atoms. The van der Waals surface area contributed by atoms with Crippen LogP contribution in [0, 0.1) is 5.82 Å². The molecule has 1 aliphatic heterocycles. The predicted octanol–water partition coefficient (Wildman–Crippen LogP) is 2.24. The lowest BCUT2D eigenvalue weighted by molar-refractivity contribution is -0.112. The quantitative estimate of drug-likeness (QED) is 0.824. The molecule has 0 aliphatic carbocycles. The summed E-state index contributed by atoms with van der Waals surface area (Å²) >= 11 is 11.7. The highest BCUT2D eigenvalue weighted by molar-refractivity contribution is 6.35. The molecule has 1 aromatic carbocycles. The van der Waals surface area contributed by atoms with E-state index in [4.69, 9.17) is 33.0 Å². The summed E-state index contributed by atoms with van der Waals surface area (Å²) < 4.78 is 18.9. The largest absolute Gasteiger partial charge is 0.392 e. The van der Waals surface area contributed by atoms with Gasteiger partial charge in [0.15, 0.2) is 0 Å². The van der Waals surface area contributed by atoms with E-state index in [1.165, 1.54) is 12.1 Å². The summed E-state index contributed by atoms with van der Waals surface area (Å²) in [7, 11) is 0. The van der Waals surface area contributed by atoms with Crippen LogP contribution in [0.4, 0.5) is 4.39 Å². The van der Waals surface area contributed by atoms with Crippen molar-refractivity contribution in [1.29, 1.82) is 0 Å². The number of morpholine rings is 1. The molecular formula is C12H15Cl3FNO3. The first-order valence-corrected chi connectivity index (χ1v) is 6.57. The van der Waals surface area contributed by atoms with Crippen molar-refractivity contribution in [1.82, 2.24) is 4.90 Å². The lowest BCUT2D eigenvalue weighted by atomic mass is 10.0. The standard InChI is InChI=1S/C12H14Cl2FNO3.ClH/c13-8-4-9(14)10(15)3-7(8)11-6-19-2-1-16(11)12(18)5-17;/h3-4,11-12,17-18H,1-2,5-6H2;1H. The van der Waals surface area contributed by atoms with E-state index in [-0.39, 0.29) is 24.0 Å². The number of benzene rings is 1. The van der Waals surface area contributed by atoms with Crippen molar-refractivity contribution < 1.29 is 19.3 Å². The van der Waals surface area contributed by atoms with E-state index in [2.05, 4.69) is 0 Å². The van der Waals surface area contributed by atoms with Crippen LogP contribution in [0.3, 0.4) is 0 Å². The smallest absolute Gasteiger partial charge is 0.142 e. The fourth-order valence-electron chi connectivity index (χ4n) is 2.14. The van der Waals surface area contributed by atoms with Gasteiger partial charge in [0.05, 0.1) is 30.9 Å². The van der Waals surface area contributed by atoms with Gasteiger partial charge in [-0.2, -0.15) is 0 Å². The zero-order valence-corrected chi connectivity index (χ0v) is 12.8. The number of aliphatic hydroxyl groups is 2. The SMILES string of the molecule is Cl.OCC(O)N1CCOCC1c1cc(F)c(Cl)cc1Cl. The second kappa shape index (κ2) is 7.75. The van der Waals surface area contributed by atoms with E-state index in [0.29, 0.717) is 23.7 Å². The number of rotatable bonds is 3. The van der Waals surface area contributed by atoms with E-state index >= 15 is 0 Å². The summed E-state index contributed by atoms with van der Waals surface area (Å²) in [6, 6.07) is 2.14. The Balaban J connectivity index is 0.00000200. The Morgan fingerprint density at radius 3 is 2.75 bits per heavy atom. The van der Waals surface area contributed by atoms with Crippen molar-refractivity contribution in [2.24, 2.45) is 0 Å². The van der Waals surface area contributed by atoms with Crippen LogP contribution in [0.1, 0.15) is 11.6 Å². The van der Waals surface area contributed by atoms with Crippen LogP contribution in [-0.2, 0) is 4.74 Å². The molecule has 2 N–H and O–H groups in total. The maximum absolute atomic E-state index is 13.6. The third-order valence-corrected chi connectivity index (χ3v) is 3.73. The fourth-order valence-corrected chi connectivity index (χ4v) is 2.65. The molecule has 1 heterocycles. The van der Waals surface area contributed by atoms with Crippen LogP contribution < -0.4 is 0 Å². The van der Waals surface area contributed by atoms with Crippen LogP contribution in [0.25, 0.3) is 0 Å². The maximum atomic E-state index is 13.6. The second-order valence-electron chi connectivity index (χ2n) is 4.28. The molecule has 0 saturated carbocycles. The lowest BCUT2D eigenvalue weighted by Crippen LogP contribution is -2.47. The van der Waals surface area contributed by atoms with Gasteiger partial charge in [0, 0.05) is 11.6 Å². The van der Waals surface area contributed by atoms with Gasteiger partial charge in [-0.05, 0) is 17.7 Å². The highest BCUT2D eigenvalue weighted by Gasteiger charge is 2.31. The zero-order chi connectivity index (χ0) is 14.0. The summed E-state index contributed by atoms with van der Waals surface area (Å²) in [6.45, 7) is 0.705. The molecule has 2 unspecified atom stereocenters. The molecule has 114 valence electrons. The van der Waals surface area contributed by atoms with Crippen molar-refractivity contribution in [3.63, 3.8) is 0 Å². The molecule has 1 saturated heterocycles. The van der Waals surface area contributed by atoms with Crippen molar-refractivity contribution in [2.75, 3.05) is 26.4 Å². The highest BCUT2D eigenvalue weighted by Crippen LogP contribution is 2.33. The second-order valence-corrected chi connectivity index (χ2v) is 5.09. The maximum Gasteiger partial charge on any atom is 0.142 e. The van der Waals surface area contributed by atoms with Gasteiger partial charge in [0.2, 0.25) is 0 Å². The van der Waals surface area contributed by atoms with Gasteiger partial charge in [-0.3, -0.25) is 4.90 Å². The Bertz CT molecular complexity index is 464. The average Bonchev–Trinajstić information content (AvgIpc) is 2.42. The third kappa shape index (κ3) is 3.74. The topological polar surface area (TPSA) is 52.9 Å². The van der Waals surface area contributed by atoms with E-state index in [0.717, 1.165) is 0 Å². The Kier molecular flexibility index (Phi) is 6.94. The van der Waals surface area contributed by atoms with E-state index < -0.39 is 24.7 Å². The monoisotopic (exact) mass is 345 g/mol. The summed E-state index contributed by atoms with van der Waals surface area (Å²) in [5.41, 5.74) is 0.482. The molecule has 2 rings (SSSR count). The first-order chi connectivity index (χ1) is 9.04. The molecule has 0 spiro atoms. The number of hydrogen-bond donors (Lipinski definition) is 2. The summed E-state index contributed by atoms with van der Waals surface area (Å²) in [4.78, 5) is 1.62. The summed E-state index contributed by atoms with van der Waals surface area (Å²) in [6.07, 6.45) is -1.04. The van der Waals surface area contributed by atoms with E-state index in [1.807, 2.05) is 0 Å². The van der Waals surface area contributed by atoms with Gasteiger partial charge < -0.3 is 14.9 Å². The molecule has 0 bridgehead atoms. The third-order valence-electron chi connectivity index (χ3n) is 3.11. The van der Waals surface area contributed by atoms with Crippen molar-refractivity contribution in [2.45, 2.75) is 12.3 Å². The van der Waals surface area contributed by atoms with Gasteiger partial charge in [-0.25, -0.2) is 4.39 Å². The van der Waals surface area contributed by atoms with E-state index in [1.54, 1.807) is 4.90 Å². The minimum atomic E-state index is -1.04. The van der Waals surface area contributed by atoms with Gasteiger partial charge in [-0.1, -0.05) is 23.2 Å². The molecule has 0 amide bonds. The molecule has 4 nitrogen and oxygen atoms in total. The minimum absolute atomic E-state index is 0. The van der Waals surface area contributed by atoms with Crippen LogP contribution in [0.15, 0.2) is 12.1 Å². The van der Waals surface area contributed by atoms with Crippen LogP contribution >= 0.6 is 35.6 Å². The molecule has 0 radical (unpaired) electrons.